The Labute approximate surface area is 179 Å². The van der Waals surface area contributed by atoms with Gasteiger partial charge in [0.1, 0.15) is 0 Å². The van der Waals surface area contributed by atoms with E-state index in [0.29, 0.717) is 23.5 Å². The number of hydrogen-bond donors (Lipinski definition) is 2. The zero-order valence-corrected chi connectivity index (χ0v) is 17.9. The van der Waals surface area contributed by atoms with Crippen LogP contribution in [0.15, 0.2) is 30.5 Å². The molecular weight excluding hydrogens is 374 g/mol. The number of piperidine rings is 2. The third kappa shape index (κ3) is 4.65. The van der Waals surface area contributed by atoms with Crippen LogP contribution in [0.25, 0.3) is 0 Å². The number of fused-ring (bicyclic) bond motifs is 1. The summed E-state index contributed by atoms with van der Waals surface area (Å²) in [6, 6.07) is 10.2. The molecule has 3 heterocycles. The van der Waals surface area contributed by atoms with Gasteiger partial charge in [-0.25, -0.2) is 4.98 Å². The first-order chi connectivity index (χ1) is 14.6. The summed E-state index contributed by atoms with van der Waals surface area (Å²) in [5.41, 5.74) is 2.39. The molecule has 30 heavy (non-hydrogen) atoms. The second-order valence-electron chi connectivity index (χ2n) is 8.52. The van der Waals surface area contributed by atoms with Crippen molar-refractivity contribution in [3.63, 3.8) is 0 Å². The molecule has 7 nitrogen and oxygen atoms in total. The summed E-state index contributed by atoms with van der Waals surface area (Å²) < 4.78 is 0. The van der Waals surface area contributed by atoms with Crippen LogP contribution in [0, 0.1) is 17.2 Å². The van der Waals surface area contributed by atoms with E-state index in [1.165, 1.54) is 45.2 Å². The average molecular weight is 406 g/mol. The van der Waals surface area contributed by atoms with Gasteiger partial charge in [0.05, 0.1) is 23.5 Å². The molecule has 7 heteroatoms. The van der Waals surface area contributed by atoms with E-state index in [4.69, 9.17) is 10.2 Å². The number of rotatable bonds is 6. The number of aromatic nitrogens is 2. The fraction of sp³-hybridized carbons (Fsp3) is 0.522. The fourth-order valence-electron chi connectivity index (χ4n) is 4.73. The zero-order valence-electron chi connectivity index (χ0n) is 17.9. The van der Waals surface area contributed by atoms with Gasteiger partial charge in [0, 0.05) is 32.4 Å². The molecule has 158 valence electrons. The summed E-state index contributed by atoms with van der Waals surface area (Å²) in [7, 11) is 4.02. The minimum absolute atomic E-state index is 0.529. The van der Waals surface area contributed by atoms with Gasteiger partial charge in [0.15, 0.2) is 5.82 Å². The minimum Gasteiger partial charge on any atom is -0.373 e. The van der Waals surface area contributed by atoms with E-state index in [2.05, 4.69) is 26.6 Å². The van der Waals surface area contributed by atoms with Crippen molar-refractivity contribution in [2.75, 3.05) is 49.3 Å². The number of benzene rings is 1. The molecule has 0 saturated carbocycles. The normalized spacial score (nSPS) is 21.4. The number of nitriles is 1. The molecule has 0 spiro atoms. The third-order valence-corrected chi connectivity index (χ3v) is 6.26. The Hall–Kier alpha value is -2.85. The lowest BCUT2D eigenvalue weighted by molar-refractivity contribution is 0.0649. The van der Waals surface area contributed by atoms with Crippen molar-refractivity contribution in [1.82, 2.24) is 14.9 Å². The van der Waals surface area contributed by atoms with Crippen molar-refractivity contribution in [3.05, 3.63) is 36.0 Å². The summed E-state index contributed by atoms with van der Waals surface area (Å²) in [5, 5.41) is 16.0. The van der Waals surface area contributed by atoms with Gasteiger partial charge in [-0.2, -0.15) is 10.2 Å². The molecule has 2 aliphatic rings. The SMILES string of the molecule is CN(C)c1cnc(Nc2cccc(C#N)c2)nc1NC[C@@H]1CCCN2CCCC[C@H]12. The van der Waals surface area contributed by atoms with E-state index < -0.39 is 0 Å². The first kappa shape index (κ1) is 20.4. The zero-order chi connectivity index (χ0) is 20.9. The van der Waals surface area contributed by atoms with Gasteiger partial charge in [-0.15, -0.1) is 0 Å². The molecule has 2 atom stereocenters. The van der Waals surface area contributed by atoms with Gasteiger partial charge in [-0.1, -0.05) is 12.5 Å². The predicted molar refractivity (Wildman–Crippen MR) is 121 cm³/mol. The number of hydrogen-bond acceptors (Lipinski definition) is 7. The molecule has 0 unspecified atom stereocenters. The van der Waals surface area contributed by atoms with Crippen LogP contribution in [-0.4, -0.2) is 54.6 Å². The largest absolute Gasteiger partial charge is 0.373 e. The molecule has 0 aliphatic carbocycles. The van der Waals surface area contributed by atoms with Gasteiger partial charge in [0.2, 0.25) is 5.95 Å². The maximum absolute atomic E-state index is 9.12. The number of anilines is 4. The Morgan fingerprint density at radius 1 is 1.20 bits per heavy atom. The second-order valence-corrected chi connectivity index (χ2v) is 8.52. The van der Waals surface area contributed by atoms with E-state index in [-0.39, 0.29) is 0 Å². The topological polar surface area (TPSA) is 80.1 Å². The van der Waals surface area contributed by atoms with Gasteiger partial charge in [-0.3, -0.25) is 0 Å². The fourth-order valence-corrected chi connectivity index (χ4v) is 4.73. The van der Waals surface area contributed by atoms with E-state index in [1.807, 2.05) is 37.3 Å². The minimum atomic E-state index is 0.529. The molecule has 0 bridgehead atoms. The molecule has 0 amide bonds. The maximum atomic E-state index is 9.12. The first-order valence-corrected chi connectivity index (χ1v) is 10.9. The molecule has 2 N–H and O–H groups in total. The van der Waals surface area contributed by atoms with Gasteiger partial charge in [0.25, 0.3) is 0 Å². The van der Waals surface area contributed by atoms with Crippen LogP contribution in [0.3, 0.4) is 0 Å². The lowest BCUT2D eigenvalue weighted by atomic mass is 9.83. The highest BCUT2D eigenvalue weighted by Crippen LogP contribution is 2.32. The molecule has 0 radical (unpaired) electrons. The van der Waals surface area contributed by atoms with Crippen LogP contribution in [0.1, 0.15) is 37.7 Å². The van der Waals surface area contributed by atoms with Crippen molar-refractivity contribution in [3.8, 4) is 6.07 Å². The quantitative estimate of drug-likeness (QED) is 0.756. The molecule has 2 fully saturated rings. The second kappa shape index (κ2) is 9.31. The number of nitrogens with zero attached hydrogens (tertiary/aromatic N) is 5. The smallest absolute Gasteiger partial charge is 0.229 e. The molecule has 2 saturated heterocycles. The van der Waals surface area contributed by atoms with E-state index >= 15 is 0 Å². The summed E-state index contributed by atoms with van der Waals surface area (Å²) >= 11 is 0. The van der Waals surface area contributed by atoms with E-state index in [9.17, 15) is 0 Å². The van der Waals surface area contributed by atoms with E-state index in [0.717, 1.165) is 23.7 Å². The monoisotopic (exact) mass is 405 g/mol. The molecule has 1 aromatic carbocycles. The van der Waals surface area contributed by atoms with Crippen molar-refractivity contribution < 1.29 is 0 Å². The summed E-state index contributed by atoms with van der Waals surface area (Å²) in [6.07, 6.45) is 8.43. The summed E-state index contributed by atoms with van der Waals surface area (Å²) in [5.74, 6) is 2.04. The van der Waals surface area contributed by atoms with Crippen LogP contribution in [-0.2, 0) is 0 Å². The van der Waals surface area contributed by atoms with Crippen molar-refractivity contribution in [2.24, 2.45) is 5.92 Å². The lowest BCUT2D eigenvalue weighted by Gasteiger charge is -2.44. The Kier molecular flexibility index (Phi) is 6.34. The molecule has 2 aliphatic heterocycles. The van der Waals surface area contributed by atoms with Crippen LogP contribution in [0.2, 0.25) is 0 Å². The molecule has 1 aromatic heterocycles. The Morgan fingerprint density at radius 3 is 2.90 bits per heavy atom. The number of nitrogens with one attached hydrogen (secondary N) is 2. The van der Waals surface area contributed by atoms with Gasteiger partial charge >= 0.3 is 0 Å². The van der Waals surface area contributed by atoms with Gasteiger partial charge in [-0.05, 0) is 62.9 Å². The van der Waals surface area contributed by atoms with Crippen LogP contribution in [0.5, 0.6) is 0 Å². The van der Waals surface area contributed by atoms with Crippen molar-refractivity contribution in [2.45, 2.75) is 38.1 Å². The van der Waals surface area contributed by atoms with Crippen molar-refractivity contribution in [1.29, 1.82) is 5.26 Å². The molecule has 2 aromatic rings. The highest BCUT2D eigenvalue weighted by molar-refractivity contribution is 5.67. The van der Waals surface area contributed by atoms with Gasteiger partial charge < -0.3 is 20.4 Å². The Morgan fingerprint density at radius 2 is 2.07 bits per heavy atom. The summed E-state index contributed by atoms with van der Waals surface area (Å²) in [6.45, 7) is 3.45. The van der Waals surface area contributed by atoms with Crippen LogP contribution in [0.4, 0.5) is 23.1 Å². The molecule has 4 rings (SSSR count). The maximum Gasteiger partial charge on any atom is 0.229 e. The van der Waals surface area contributed by atoms with Crippen molar-refractivity contribution >= 4 is 23.1 Å². The van der Waals surface area contributed by atoms with Crippen LogP contribution < -0.4 is 15.5 Å². The Bertz CT molecular complexity index is 903. The first-order valence-electron chi connectivity index (χ1n) is 10.9. The van der Waals surface area contributed by atoms with E-state index in [1.54, 1.807) is 12.1 Å². The predicted octanol–water partition coefficient (Wildman–Crippen LogP) is 3.83. The third-order valence-electron chi connectivity index (χ3n) is 6.26. The Balaban J connectivity index is 1.49. The lowest BCUT2D eigenvalue weighted by Crippen LogP contribution is -2.49. The average Bonchev–Trinajstić information content (AvgIpc) is 2.77. The standard InChI is InChI=1S/C23H31N7/c1-29(2)21-16-26-23(27-19-9-5-7-17(13-19)14-24)28-22(21)25-15-18-8-6-12-30-11-4-3-10-20(18)30/h5,7,9,13,16,18,20H,3-4,6,8,10-12,15H2,1-2H3,(H2,25,26,27,28)/t18-,20+/m0/s1. The highest BCUT2D eigenvalue weighted by Gasteiger charge is 2.32. The highest BCUT2D eigenvalue weighted by atomic mass is 15.2. The summed E-state index contributed by atoms with van der Waals surface area (Å²) in [4.78, 5) is 14.0. The molecular formula is C23H31N7. The van der Waals surface area contributed by atoms with Crippen LogP contribution >= 0.6 is 0 Å².